The highest BCUT2D eigenvalue weighted by molar-refractivity contribution is 9.12. The van der Waals surface area contributed by atoms with Crippen molar-refractivity contribution in [1.29, 1.82) is 0 Å². The van der Waals surface area contributed by atoms with Gasteiger partial charge in [0.05, 0.1) is 4.48 Å². The zero-order chi connectivity index (χ0) is 15.0. The summed E-state index contributed by atoms with van der Waals surface area (Å²) < 4.78 is 0.295. The maximum atomic E-state index is 12.3. The van der Waals surface area contributed by atoms with Crippen molar-refractivity contribution < 1.29 is 9.59 Å². The topological polar surface area (TPSA) is 46.2 Å². The fourth-order valence-corrected chi connectivity index (χ4v) is 2.56. The molecule has 3 nitrogen and oxygen atoms in total. The van der Waals surface area contributed by atoms with E-state index in [-0.39, 0.29) is 11.6 Å². The highest BCUT2D eigenvalue weighted by Crippen LogP contribution is 2.29. The molecule has 1 aromatic carbocycles. The van der Waals surface area contributed by atoms with Crippen molar-refractivity contribution in [1.82, 2.24) is 0 Å². The highest BCUT2D eigenvalue weighted by atomic mass is 79.9. The molecule has 1 aliphatic carbocycles. The smallest absolute Gasteiger partial charge is 0.206 e. The van der Waals surface area contributed by atoms with Gasteiger partial charge in [0.15, 0.2) is 5.78 Å². The quantitative estimate of drug-likeness (QED) is 0.837. The van der Waals surface area contributed by atoms with Crippen LogP contribution in [0.3, 0.4) is 0 Å². The number of carbonyl (C=O) groups is 2. The normalized spacial score (nSPS) is 16.1. The van der Waals surface area contributed by atoms with Gasteiger partial charge in [-0.05, 0) is 66.9 Å². The van der Waals surface area contributed by atoms with Crippen LogP contribution in [-0.2, 0) is 9.59 Å². The molecule has 2 rings (SSSR count). The number of halogens is 1. The maximum Gasteiger partial charge on any atom is 0.206 e. The van der Waals surface area contributed by atoms with Crippen LogP contribution in [0.4, 0.5) is 5.69 Å². The standard InChI is InChI=1S/C16H16BrNO2/c1-8-5-6-12(7-9(8)2)18-14-13(17)15(19)10(3)11(4)16(14)20/h5-7,18H,1-4H3. The Bertz CT molecular complexity index is 684. The first-order valence-corrected chi connectivity index (χ1v) is 7.13. The fourth-order valence-electron chi connectivity index (χ4n) is 1.98. The molecule has 0 spiro atoms. The minimum Gasteiger partial charge on any atom is -0.351 e. The minimum absolute atomic E-state index is 0.145. The molecular formula is C16H16BrNO2. The van der Waals surface area contributed by atoms with E-state index in [0.29, 0.717) is 21.3 Å². The number of hydrogen-bond acceptors (Lipinski definition) is 3. The fraction of sp³-hybridized carbons (Fsp3) is 0.250. The van der Waals surface area contributed by atoms with Crippen LogP contribution in [0.5, 0.6) is 0 Å². The Morgan fingerprint density at radius 2 is 1.50 bits per heavy atom. The van der Waals surface area contributed by atoms with Crippen LogP contribution in [-0.4, -0.2) is 11.6 Å². The third-order valence-corrected chi connectivity index (χ3v) is 4.42. The summed E-state index contributed by atoms with van der Waals surface area (Å²) in [5.74, 6) is -0.291. The number of nitrogens with one attached hydrogen (secondary N) is 1. The number of rotatable bonds is 2. The molecule has 0 fully saturated rings. The van der Waals surface area contributed by atoms with E-state index < -0.39 is 0 Å². The Hall–Kier alpha value is -1.68. The van der Waals surface area contributed by atoms with E-state index in [0.717, 1.165) is 11.3 Å². The van der Waals surface area contributed by atoms with Gasteiger partial charge in [0, 0.05) is 16.8 Å². The van der Waals surface area contributed by atoms with Gasteiger partial charge in [0.2, 0.25) is 5.78 Å². The van der Waals surface area contributed by atoms with Crippen molar-refractivity contribution in [2.45, 2.75) is 27.7 Å². The monoisotopic (exact) mass is 333 g/mol. The Balaban J connectivity index is 2.40. The lowest BCUT2D eigenvalue weighted by molar-refractivity contribution is -0.115. The Kier molecular flexibility index (Phi) is 3.95. The number of carbonyl (C=O) groups excluding carboxylic acids is 2. The summed E-state index contributed by atoms with van der Waals surface area (Å²) in [7, 11) is 0. The first-order chi connectivity index (χ1) is 9.32. The van der Waals surface area contributed by atoms with E-state index >= 15 is 0 Å². The summed E-state index contributed by atoms with van der Waals surface area (Å²) in [6.45, 7) is 7.38. The van der Waals surface area contributed by atoms with Crippen LogP contribution in [0.1, 0.15) is 25.0 Å². The zero-order valence-corrected chi connectivity index (χ0v) is 13.5. The summed E-state index contributed by atoms with van der Waals surface area (Å²) in [6, 6.07) is 5.84. The van der Waals surface area contributed by atoms with Gasteiger partial charge in [-0.2, -0.15) is 0 Å². The molecule has 0 heterocycles. The van der Waals surface area contributed by atoms with Crippen LogP contribution in [0.15, 0.2) is 39.5 Å². The molecule has 104 valence electrons. The van der Waals surface area contributed by atoms with Crippen LogP contribution in [0.25, 0.3) is 0 Å². The van der Waals surface area contributed by atoms with E-state index in [4.69, 9.17) is 0 Å². The number of hydrogen-bond donors (Lipinski definition) is 1. The summed E-state index contributed by atoms with van der Waals surface area (Å²) >= 11 is 3.23. The summed E-state index contributed by atoms with van der Waals surface area (Å²) in [4.78, 5) is 24.3. The van der Waals surface area contributed by atoms with Crippen molar-refractivity contribution >= 4 is 33.2 Å². The van der Waals surface area contributed by atoms with Crippen LogP contribution in [0, 0.1) is 13.8 Å². The number of anilines is 1. The van der Waals surface area contributed by atoms with Crippen molar-refractivity contribution in [3.8, 4) is 0 Å². The molecule has 0 radical (unpaired) electrons. The van der Waals surface area contributed by atoms with Gasteiger partial charge in [0.25, 0.3) is 0 Å². The molecule has 0 bridgehead atoms. The second-order valence-corrected chi connectivity index (χ2v) is 5.81. The molecule has 0 atom stereocenters. The Morgan fingerprint density at radius 1 is 0.900 bits per heavy atom. The Labute approximate surface area is 126 Å². The van der Waals surface area contributed by atoms with E-state index in [1.54, 1.807) is 13.8 Å². The molecule has 0 unspecified atom stereocenters. The predicted octanol–water partition coefficient (Wildman–Crippen LogP) is 3.81. The molecule has 1 aromatic rings. The molecule has 4 heteroatoms. The van der Waals surface area contributed by atoms with Crippen molar-refractivity contribution in [3.63, 3.8) is 0 Å². The van der Waals surface area contributed by atoms with Gasteiger partial charge in [0.1, 0.15) is 5.70 Å². The molecular weight excluding hydrogens is 318 g/mol. The van der Waals surface area contributed by atoms with Crippen LogP contribution < -0.4 is 5.32 Å². The number of ketones is 2. The summed E-state index contributed by atoms with van der Waals surface area (Å²) in [6.07, 6.45) is 0. The molecule has 0 amide bonds. The van der Waals surface area contributed by atoms with Crippen molar-refractivity contribution in [2.24, 2.45) is 0 Å². The number of aryl methyl sites for hydroxylation is 2. The summed E-state index contributed by atoms with van der Waals surface area (Å²) in [5, 5.41) is 3.06. The number of Topliss-reactive ketones (excluding diaryl/α,β-unsaturated/α-hetero) is 2. The molecule has 20 heavy (non-hydrogen) atoms. The molecule has 0 aliphatic heterocycles. The van der Waals surface area contributed by atoms with E-state index in [9.17, 15) is 9.59 Å². The predicted molar refractivity (Wildman–Crippen MR) is 83.9 cm³/mol. The largest absolute Gasteiger partial charge is 0.351 e. The van der Waals surface area contributed by atoms with E-state index in [1.165, 1.54) is 5.56 Å². The molecule has 1 aliphatic rings. The molecule has 0 aromatic heterocycles. The maximum absolute atomic E-state index is 12.3. The van der Waals surface area contributed by atoms with E-state index in [2.05, 4.69) is 21.2 Å². The third kappa shape index (κ3) is 2.48. The van der Waals surface area contributed by atoms with Gasteiger partial charge in [-0.15, -0.1) is 0 Å². The van der Waals surface area contributed by atoms with Gasteiger partial charge in [-0.1, -0.05) is 6.07 Å². The summed E-state index contributed by atoms with van der Waals surface area (Å²) in [5.41, 5.74) is 4.40. The highest BCUT2D eigenvalue weighted by Gasteiger charge is 2.29. The SMILES string of the molecule is CC1=C(C)C(=O)C(Nc2ccc(C)c(C)c2)=C(Br)C1=O. The van der Waals surface area contributed by atoms with Gasteiger partial charge in [-0.3, -0.25) is 9.59 Å². The first kappa shape index (κ1) is 14.7. The average Bonchev–Trinajstić information content (AvgIpc) is 2.43. The average molecular weight is 334 g/mol. The van der Waals surface area contributed by atoms with Crippen molar-refractivity contribution in [3.05, 3.63) is 50.7 Å². The zero-order valence-electron chi connectivity index (χ0n) is 11.9. The first-order valence-electron chi connectivity index (χ1n) is 6.34. The van der Waals surface area contributed by atoms with Crippen molar-refractivity contribution in [2.75, 3.05) is 5.32 Å². The lowest BCUT2D eigenvalue weighted by Crippen LogP contribution is -2.24. The number of benzene rings is 1. The minimum atomic E-state index is -0.146. The van der Waals surface area contributed by atoms with Crippen LogP contribution in [0.2, 0.25) is 0 Å². The molecule has 0 saturated heterocycles. The second kappa shape index (κ2) is 5.37. The second-order valence-electron chi connectivity index (χ2n) is 5.02. The Morgan fingerprint density at radius 3 is 2.10 bits per heavy atom. The lowest BCUT2D eigenvalue weighted by atomic mass is 9.94. The van der Waals surface area contributed by atoms with Gasteiger partial charge >= 0.3 is 0 Å². The van der Waals surface area contributed by atoms with Gasteiger partial charge in [-0.25, -0.2) is 0 Å². The van der Waals surface area contributed by atoms with E-state index in [1.807, 2.05) is 32.0 Å². The third-order valence-electron chi connectivity index (χ3n) is 3.67. The lowest BCUT2D eigenvalue weighted by Gasteiger charge is -2.19. The molecule has 1 N–H and O–H groups in total. The van der Waals surface area contributed by atoms with Gasteiger partial charge < -0.3 is 5.32 Å². The molecule has 0 saturated carbocycles. The van der Waals surface area contributed by atoms with Crippen LogP contribution >= 0.6 is 15.9 Å². The number of allylic oxidation sites excluding steroid dienone is 3.